The summed E-state index contributed by atoms with van der Waals surface area (Å²) in [5.74, 6) is -1.09. The van der Waals surface area contributed by atoms with Gasteiger partial charge in [0, 0.05) is 6.54 Å². The first-order valence-corrected chi connectivity index (χ1v) is 8.85. The number of sulfonamides is 1. The lowest BCUT2D eigenvalue weighted by Gasteiger charge is -2.39. The van der Waals surface area contributed by atoms with Crippen molar-refractivity contribution in [1.29, 1.82) is 0 Å². The fraction of sp³-hybridized carbons (Fsp3) is 0.545. The Labute approximate surface area is 124 Å². The number of aliphatic carboxylic acids is 1. The van der Waals surface area contributed by atoms with E-state index in [1.165, 1.54) is 13.0 Å². The molecular weight excluding hydrogens is 354 g/mol. The molecule has 0 spiro atoms. The Morgan fingerprint density at radius 3 is 2.68 bits per heavy atom. The predicted molar refractivity (Wildman–Crippen MR) is 75.8 cm³/mol. The number of rotatable bonds is 3. The van der Waals surface area contributed by atoms with Gasteiger partial charge in [0.25, 0.3) is 10.0 Å². The zero-order chi connectivity index (χ0) is 14.3. The molecule has 1 aliphatic rings. The summed E-state index contributed by atoms with van der Waals surface area (Å²) in [6.07, 6.45) is 1.76. The van der Waals surface area contributed by atoms with Gasteiger partial charge in [0.1, 0.15) is 9.75 Å². The highest BCUT2D eigenvalue weighted by Gasteiger charge is 2.48. The molecule has 1 atom stereocenters. The molecule has 8 heteroatoms. The molecule has 106 valence electrons. The molecule has 1 unspecified atom stereocenters. The van der Waals surface area contributed by atoms with E-state index in [1.54, 1.807) is 6.07 Å². The van der Waals surface area contributed by atoms with Crippen LogP contribution < -0.4 is 0 Å². The standard InChI is InChI=1S/C11H14BrNO4S2/c1-11(10(14)15)6-2-3-7-13(11)19(16,17)9-5-4-8(12)18-9/h4-5H,2-3,6-7H2,1H3,(H,14,15). The zero-order valence-electron chi connectivity index (χ0n) is 10.3. The molecule has 1 aliphatic heterocycles. The number of carboxylic acids is 1. The van der Waals surface area contributed by atoms with Crippen LogP contribution in [0.1, 0.15) is 26.2 Å². The third-order valence-corrected chi connectivity index (χ3v) is 7.49. The van der Waals surface area contributed by atoms with E-state index in [9.17, 15) is 18.3 Å². The molecule has 1 aromatic rings. The molecule has 2 heterocycles. The lowest BCUT2D eigenvalue weighted by molar-refractivity contribution is -0.149. The van der Waals surface area contributed by atoms with E-state index in [-0.39, 0.29) is 10.8 Å². The molecule has 19 heavy (non-hydrogen) atoms. The fourth-order valence-electron chi connectivity index (χ4n) is 2.24. The van der Waals surface area contributed by atoms with Crippen LogP contribution in [0.5, 0.6) is 0 Å². The van der Waals surface area contributed by atoms with E-state index in [0.29, 0.717) is 16.6 Å². The quantitative estimate of drug-likeness (QED) is 0.890. The minimum atomic E-state index is -3.75. The monoisotopic (exact) mass is 367 g/mol. The van der Waals surface area contributed by atoms with Crippen molar-refractivity contribution < 1.29 is 18.3 Å². The molecule has 0 aliphatic carbocycles. The smallest absolute Gasteiger partial charge is 0.324 e. The van der Waals surface area contributed by atoms with Gasteiger partial charge in [-0.3, -0.25) is 4.79 Å². The molecule has 1 saturated heterocycles. The number of hydrogen-bond donors (Lipinski definition) is 1. The van der Waals surface area contributed by atoms with Gasteiger partial charge in [-0.2, -0.15) is 4.31 Å². The van der Waals surface area contributed by atoms with E-state index in [4.69, 9.17) is 0 Å². The van der Waals surface area contributed by atoms with Crippen molar-refractivity contribution in [2.75, 3.05) is 6.54 Å². The van der Waals surface area contributed by atoms with E-state index in [2.05, 4.69) is 15.9 Å². The van der Waals surface area contributed by atoms with Crippen molar-refractivity contribution in [2.24, 2.45) is 0 Å². The Hall–Kier alpha value is -0.440. The van der Waals surface area contributed by atoms with Crippen molar-refractivity contribution in [2.45, 2.75) is 35.9 Å². The van der Waals surface area contributed by atoms with E-state index < -0.39 is 21.5 Å². The third kappa shape index (κ3) is 2.58. The Morgan fingerprint density at radius 1 is 1.47 bits per heavy atom. The Kier molecular flexibility index (Phi) is 4.06. The topological polar surface area (TPSA) is 74.7 Å². The summed E-state index contributed by atoms with van der Waals surface area (Å²) >= 11 is 4.32. The fourth-order valence-corrected chi connectivity index (χ4v) is 6.17. The molecule has 0 amide bonds. The molecule has 1 N–H and O–H groups in total. The van der Waals surface area contributed by atoms with Crippen LogP contribution in [0.4, 0.5) is 0 Å². The van der Waals surface area contributed by atoms with E-state index in [1.807, 2.05) is 0 Å². The molecule has 0 aromatic carbocycles. The van der Waals surface area contributed by atoms with Crippen LogP contribution in [-0.4, -0.2) is 35.9 Å². The maximum atomic E-state index is 12.6. The highest BCUT2D eigenvalue weighted by molar-refractivity contribution is 9.11. The van der Waals surface area contributed by atoms with E-state index >= 15 is 0 Å². The summed E-state index contributed by atoms with van der Waals surface area (Å²) < 4.78 is 27.2. The lowest BCUT2D eigenvalue weighted by Crippen LogP contribution is -2.57. The minimum absolute atomic E-state index is 0.175. The maximum Gasteiger partial charge on any atom is 0.324 e. The first kappa shape index (κ1) is 15.0. The van der Waals surface area contributed by atoms with Crippen molar-refractivity contribution >= 4 is 43.3 Å². The average Bonchev–Trinajstić information content (AvgIpc) is 2.76. The van der Waals surface area contributed by atoms with Gasteiger partial charge in [0.05, 0.1) is 3.79 Å². The summed E-state index contributed by atoms with van der Waals surface area (Å²) in [7, 11) is -3.75. The Morgan fingerprint density at radius 2 is 2.16 bits per heavy atom. The number of piperidine rings is 1. The molecule has 5 nitrogen and oxygen atoms in total. The molecule has 2 rings (SSSR count). The second-order valence-corrected chi connectivity index (χ2v) is 9.22. The highest BCUT2D eigenvalue weighted by atomic mass is 79.9. The predicted octanol–water partition coefficient (Wildman–Crippen LogP) is 2.53. The molecule has 0 radical (unpaired) electrons. The normalized spacial score (nSPS) is 25.4. The molecule has 0 saturated carbocycles. The van der Waals surface area contributed by atoms with Gasteiger partial charge in [-0.1, -0.05) is 0 Å². The lowest BCUT2D eigenvalue weighted by atomic mass is 9.91. The summed E-state index contributed by atoms with van der Waals surface area (Å²) in [6.45, 7) is 1.73. The van der Waals surface area contributed by atoms with Crippen molar-refractivity contribution in [3.63, 3.8) is 0 Å². The first-order valence-electron chi connectivity index (χ1n) is 5.80. The van der Waals surface area contributed by atoms with Gasteiger partial charge in [-0.15, -0.1) is 11.3 Å². The molecule has 0 bridgehead atoms. The summed E-state index contributed by atoms with van der Waals surface area (Å²) in [4.78, 5) is 11.5. The van der Waals surface area contributed by atoms with Crippen LogP contribution in [0.3, 0.4) is 0 Å². The Balaban J connectivity index is 2.46. The first-order chi connectivity index (χ1) is 8.78. The SMILES string of the molecule is CC1(C(=O)O)CCCCN1S(=O)(=O)c1ccc(Br)s1. The molecule has 1 aromatic heterocycles. The van der Waals surface area contributed by atoms with Gasteiger partial charge < -0.3 is 5.11 Å². The van der Waals surface area contributed by atoms with Gasteiger partial charge in [-0.25, -0.2) is 8.42 Å². The van der Waals surface area contributed by atoms with Crippen LogP contribution in [0.2, 0.25) is 0 Å². The number of halogens is 1. The second-order valence-electron chi connectivity index (χ2n) is 4.67. The second kappa shape index (κ2) is 5.16. The van der Waals surface area contributed by atoms with Crippen LogP contribution in [0.15, 0.2) is 20.1 Å². The number of carboxylic acid groups (broad SMARTS) is 1. The van der Waals surface area contributed by atoms with Crippen LogP contribution in [0.25, 0.3) is 0 Å². The maximum absolute atomic E-state index is 12.6. The van der Waals surface area contributed by atoms with Gasteiger partial charge in [0.2, 0.25) is 0 Å². The van der Waals surface area contributed by atoms with Crippen molar-refractivity contribution in [1.82, 2.24) is 4.31 Å². The highest BCUT2D eigenvalue weighted by Crippen LogP contribution is 2.36. The van der Waals surface area contributed by atoms with Crippen LogP contribution >= 0.6 is 27.3 Å². The van der Waals surface area contributed by atoms with Crippen LogP contribution in [0, 0.1) is 0 Å². The largest absolute Gasteiger partial charge is 0.480 e. The summed E-state index contributed by atoms with van der Waals surface area (Å²) in [5.41, 5.74) is -1.35. The molecule has 1 fully saturated rings. The van der Waals surface area contributed by atoms with Crippen molar-refractivity contribution in [3.8, 4) is 0 Å². The van der Waals surface area contributed by atoms with Gasteiger partial charge in [0.15, 0.2) is 0 Å². The Bertz CT molecular complexity index is 598. The number of thiophene rings is 1. The third-order valence-electron chi connectivity index (χ3n) is 3.38. The van der Waals surface area contributed by atoms with Crippen LogP contribution in [-0.2, 0) is 14.8 Å². The summed E-state index contributed by atoms with van der Waals surface area (Å²) in [6, 6.07) is 3.15. The molecular formula is C11H14BrNO4S2. The summed E-state index contributed by atoms with van der Waals surface area (Å²) in [5, 5.41) is 9.37. The van der Waals surface area contributed by atoms with E-state index in [0.717, 1.165) is 22.1 Å². The van der Waals surface area contributed by atoms with Gasteiger partial charge >= 0.3 is 5.97 Å². The van der Waals surface area contributed by atoms with Crippen molar-refractivity contribution in [3.05, 3.63) is 15.9 Å². The average molecular weight is 368 g/mol. The van der Waals surface area contributed by atoms with Gasteiger partial charge in [-0.05, 0) is 54.2 Å². The zero-order valence-corrected chi connectivity index (χ0v) is 13.5. The number of nitrogens with zero attached hydrogens (tertiary/aromatic N) is 1. The minimum Gasteiger partial charge on any atom is -0.480 e. The number of carbonyl (C=O) groups is 1. The number of hydrogen-bond acceptors (Lipinski definition) is 4.